The van der Waals surface area contributed by atoms with Gasteiger partial charge in [0.1, 0.15) is 5.60 Å². The summed E-state index contributed by atoms with van der Waals surface area (Å²) in [5.74, 6) is 0. The number of pyridine rings is 1. The third kappa shape index (κ3) is 3.42. The number of halogens is 2. The molecular formula is C20H17Cl2NO2. The molecule has 1 heterocycles. The number of aromatic nitrogens is 1. The van der Waals surface area contributed by atoms with Gasteiger partial charge in [-0.05, 0) is 31.2 Å². The van der Waals surface area contributed by atoms with Gasteiger partial charge in [0.15, 0.2) is 0 Å². The van der Waals surface area contributed by atoms with E-state index < -0.39 is 11.7 Å². The topological polar surface area (TPSA) is 53.4 Å². The summed E-state index contributed by atoms with van der Waals surface area (Å²) in [7, 11) is 0. The van der Waals surface area contributed by atoms with E-state index in [-0.39, 0.29) is 0 Å². The molecule has 0 bridgehead atoms. The van der Waals surface area contributed by atoms with Gasteiger partial charge in [0.25, 0.3) is 0 Å². The minimum atomic E-state index is -1.65. The Morgan fingerprint density at radius 2 is 1.64 bits per heavy atom. The van der Waals surface area contributed by atoms with E-state index in [0.29, 0.717) is 21.2 Å². The number of aliphatic hydroxyl groups excluding tert-OH is 1. The molecule has 3 rings (SSSR count). The van der Waals surface area contributed by atoms with Gasteiger partial charge in [-0.15, -0.1) is 0 Å². The lowest BCUT2D eigenvalue weighted by atomic mass is 9.83. The molecule has 0 aliphatic carbocycles. The Labute approximate surface area is 156 Å². The molecular weight excluding hydrogens is 357 g/mol. The number of hydrogen-bond acceptors (Lipinski definition) is 3. The summed E-state index contributed by atoms with van der Waals surface area (Å²) in [6.07, 6.45) is 0.482. The van der Waals surface area contributed by atoms with Crippen LogP contribution in [0.25, 0.3) is 11.3 Å². The van der Waals surface area contributed by atoms with E-state index in [2.05, 4.69) is 4.98 Å². The number of nitrogens with zero attached hydrogens (tertiary/aromatic N) is 1. The lowest BCUT2D eigenvalue weighted by Gasteiger charge is -2.32. The molecule has 0 spiro atoms. The van der Waals surface area contributed by atoms with Gasteiger partial charge < -0.3 is 10.2 Å². The Balaban J connectivity index is 2.04. The molecule has 128 valence electrons. The molecule has 0 saturated heterocycles. The van der Waals surface area contributed by atoms with E-state index in [4.69, 9.17) is 23.2 Å². The Morgan fingerprint density at radius 1 is 0.960 bits per heavy atom. The predicted octanol–water partition coefficient (Wildman–Crippen LogP) is 4.67. The number of rotatable bonds is 4. The fourth-order valence-electron chi connectivity index (χ4n) is 2.80. The van der Waals surface area contributed by atoms with Crippen LogP contribution < -0.4 is 0 Å². The van der Waals surface area contributed by atoms with E-state index in [1.165, 1.54) is 6.92 Å². The highest BCUT2D eigenvalue weighted by atomic mass is 35.5. The lowest BCUT2D eigenvalue weighted by molar-refractivity contribution is -0.0395. The van der Waals surface area contributed by atoms with E-state index >= 15 is 0 Å². The van der Waals surface area contributed by atoms with Crippen LogP contribution in [0.4, 0.5) is 0 Å². The second kappa shape index (κ2) is 7.14. The molecule has 0 aliphatic heterocycles. The first-order chi connectivity index (χ1) is 11.9. The first kappa shape index (κ1) is 17.9. The summed E-state index contributed by atoms with van der Waals surface area (Å²) < 4.78 is 0. The molecule has 0 saturated carbocycles. The Bertz CT molecular complexity index is 864. The van der Waals surface area contributed by atoms with Crippen LogP contribution in [0.3, 0.4) is 0 Å². The van der Waals surface area contributed by atoms with Crippen molar-refractivity contribution in [3.05, 3.63) is 88.0 Å². The second-order valence-electron chi connectivity index (χ2n) is 5.86. The fourth-order valence-corrected chi connectivity index (χ4v) is 3.21. The van der Waals surface area contributed by atoms with Gasteiger partial charge in [-0.2, -0.15) is 0 Å². The molecule has 2 aromatic carbocycles. The van der Waals surface area contributed by atoms with Crippen LogP contribution in [0.15, 0.2) is 66.9 Å². The van der Waals surface area contributed by atoms with Crippen molar-refractivity contribution in [3.63, 3.8) is 0 Å². The molecule has 1 aromatic heterocycles. The largest absolute Gasteiger partial charge is 0.390 e. The first-order valence-electron chi connectivity index (χ1n) is 7.81. The van der Waals surface area contributed by atoms with Crippen molar-refractivity contribution < 1.29 is 10.2 Å². The van der Waals surface area contributed by atoms with Gasteiger partial charge in [-0.3, -0.25) is 4.98 Å². The maximum absolute atomic E-state index is 11.2. The van der Waals surface area contributed by atoms with E-state index in [1.54, 1.807) is 54.7 Å². The normalized spacial score (nSPS) is 14.8. The average Bonchev–Trinajstić information content (AvgIpc) is 2.62. The van der Waals surface area contributed by atoms with Crippen molar-refractivity contribution in [3.8, 4) is 11.3 Å². The quantitative estimate of drug-likeness (QED) is 0.698. The van der Waals surface area contributed by atoms with Gasteiger partial charge >= 0.3 is 0 Å². The summed E-state index contributed by atoms with van der Waals surface area (Å²) in [5.41, 5.74) is 0.909. The van der Waals surface area contributed by atoms with Crippen molar-refractivity contribution in [2.24, 2.45) is 0 Å². The standard InChI is InChI=1S/C20H17Cl2NO2/c1-13(24)20(25,17-4-2-3-5-18(17)22)15-8-11-19(23-12-15)14-6-9-16(21)10-7-14/h2-13,24-25H,1H3. The highest BCUT2D eigenvalue weighted by Gasteiger charge is 2.38. The van der Waals surface area contributed by atoms with Crippen LogP contribution in [0.5, 0.6) is 0 Å². The van der Waals surface area contributed by atoms with E-state index in [0.717, 1.165) is 11.3 Å². The zero-order chi connectivity index (χ0) is 18.0. The van der Waals surface area contributed by atoms with Crippen LogP contribution >= 0.6 is 23.2 Å². The van der Waals surface area contributed by atoms with Gasteiger partial charge in [0.05, 0.1) is 11.8 Å². The predicted molar refractivity (Wildman–Crippen MR) is 101 cm³/mol. The Hall–Kier alpha value is -1.91. The molecule has 2 unspecified atom stereocenters. The second-order valence-corrected chi connectivity index (χ2v) is 6.70. The van der Waals surface area contributed by atoms with Gasteiger partial charge in [0, 0.05) is 32.9 Å². The zero-order valence-electron chi connectivity index (χ0n) is 13.5. The third-order valence-electron chi connectivity index (χ3n) is 4.23. The molecule has 3 nitrogen and oxygen atoms in total. The summed E-state index contributed by atoms with van der Waals surface area (Å²) in [4.78, 5) is 4.43. The van der Waals surface area contributed by atoms with Crippen molar-refractivity contribution in [1.82, 2.24) is 4.98 Å². The van der Waals surface area contributed by atoms with Gasteiger partial charge in [-0.25, -0.2) is 0 Å². The molecule has 0 amide bonds. The number of benzene rings is 2. The fraction of sp³-hybridized carbons (Fsp3) is 0.150. The van der Waals surface area contributed by atoms with Gasteiger partial charge in [0.2, 0.25) is 0 Å². The minimum absolute atomic E-state index is 0.382. The minimum Gasteiger partial charge on any atom is -0.390 e. The summed E-state index contributed by atoms with van der Waals surface area (Å²) in [6.45, 7) is 1.52. The van der Waals surface area contributed by atoms with Crippen molar-refractivity contribution in [2.75, 3.05) is 0 Å². The Kier molecular flexibility index (Phi) is 5.11. The molecule has 2 N–H and O–H groups in total. The molecule has 0 aliphatic rings. The lowest BCUT2D eigenvalue weighted by Crippen LogP contribution is -2.39. The van der Waals surface area contributed by atoms with Crippen molar-refractivity contribution in [1.29, 1.82) is 0 Å². The maximum Gasteiger partial charge on any atom is 0.143 e. The monoisotopic (exact) mass is 373 g/mol. The van der Waals surface area contributed by atoms with Crippen LogP contribution in [0.1, 0.15) is 18.1 Å². The SMILES string of the molecule is CC(O)C(O)(c1ccc(-c2ccc(Cl)cc2)nc1)c1ccccc1Cl. The number of aliphatic hydroxyl groups is 2. The molecule has 25 heavy (non-hydrogen) atoms. The van der Waals surface area contributed by atoms with Gasteiger partial charge in [-0.1, -0.05) is 59.6 Å². The molecule has 2 atom stereocenters. The molecule has 5 heteroatoms. The average molecular weight is 374 g/mol. The summed E-state index contributed by atoms with van der Waals surface area (Å²) >= 11 is 12.1. The van der Waals surface area contributed by atoms with Crippen LogP contribution in [0.2, 0.25) is 10.0 Å². The molecule has 0 radical (unpaired) electrons. The maximum atomic E-state index is 11.2. The zero-order valence-corrected chi connectivity index (χ0v) is 15.0. The van der Waals surface area contributed by atoms with E-state index in [9.17, 15) is 10.2 Å². The Morgan fingerprint density at radius 3 is 2.20 bits per heavy atom. The summed E-state index contributed by atoms with van der Waals surface area (Å²) in [6, 6.07) is 17.8. The van der Waals surface area contributed by atoms with Crippen molar-refractivity contribution in [2.45, 2.75) is 18.6 Å². The van der Waals surface area contributed by atoms with Crippen LogP contribution in [0, 0.1) is 0 Å². The van der Waals surface area contributed by atoms with E-state index in [1.807, 2.05) is 12.1 Å². The molecule has 0 fully saturated rings. The highest BCUT2D eigenvalue weighted by molar-refractivity contribution is 6.31. The first-order valence-corrected chi connectivity index (χ1v) is 8.56. The summed E-state index contributed by atoms with van der Waals surface area (Å²) in [5, 5.41) is 22.5. The third-order valence-corrected chi connectivity index (χ3v) is 4.81. The number of hydrogen-bond donors (Lipinski definition) is 2. The smallest absolute Gasteiger partial charge is 0.143 e. The molecule has 3 aromatic rings. The van der Waals surface area contributed by atoms with Crippen LogP contribution in [-0.4, -0.2) is 21.3 Å². The van der Waals surface area contributed by atoms with Crippen LogP contribution in [-0.2, 0) is 5.60 Å². The van der Waals surface area contributed by atoms with Crippen molar-refractivity contribution >= 4 is 23.2 Å². The highest BCUT2D eigenvalue weighted by Crippen LogP contribution is 2.37.